The Morgan fingerprint density at radius 1 is 1.00 bits per heavy atom. The van der Waals surface area contributed by atoms with Crippen LogP contribution in [0.5, 0.6) is 5.75 Å². The highest BCUT2D eigenvalue weighted by atomic mass is 16.5. The maximum absolute atomic E-state index is 12.6. The number of likely N-dealkylation sites (tertiary alicyclic amines) is 1. The number of unbranched alkanes of at least 4 members (excludes halogenated alkanes) is 3. The van der Waals surface area contributed by atoms with E-state index in [4.69, 9.17) is 4.74 Å². The second kappa shape index (κ2) is 11.6. The van der Waals surface area contributed by atoms with Crippen molar-refractivity contribution in [2.45, 2.75) is 58.0 Å². The van der Waals surface area contributed by atoms with Crippen molar-refractivity contribution >= 4 is 5.91 Å². The summed E-state index contributed by atoms with van der Waals surface area (Å²) in [4.78, 5) is 15.0. The van der Waals surface area contributed by atoms with Crippen molar-refractivity contribution in [3.63, 3.8) is 0 Å². The van der Waals surface area contributed by atoms with E-state index < -0.39 is 0 Å². The molecule has 1 heterocycles. The minimum Gasteiger partial charge on any atom is -0.494 e. The van der Waals surface area contributed by atoms with Gasteiger partial charge in [-0.3, -0.25) is 9.69 Å². The molecule has 1 amide bonds. The highest BCUT2D eigenvalue weighted by Gasteiger charge is 2.21. The molecule has 29 heavy (non-hydrogen) atoms. The van der Waals surface area contributed by atoms with E-state index in [9.17, 15) is 4.79 Å². The number of carbonyl (C=O) groups is 1. The Morgan fingerprint density at radius 2 is 1.72 bits per heavy atom. The Bertz CT molecular complexity index is 722. The first-order valence-corrected chi connectivity index (χ1v) is 11.0. The van der Waals surface area contributed by atoms with Gasteiger partial charge < -0.3 is 10.1 Å². The minimum atomic E-state index is 0.0148. The monoisotopic (exact) mass is 394 g/mol. The molecule has 4 heteroatoms. The van der Waals surface area contributed by atoms with Crippen LogP contribution in [0, 0.1) is 0 Å². The van der Waals surface area contributed by atoms with E-state index in [1.54, 1.807) is 0 Å². The van der Waals surface area contributed by atoms with Crippen LogP contribution in [0.1, 0.15) is 61.4 Å². The van der Waals surface area contributed by atoms with Gasteiger partial charge in [-0.15, -0.1) is 0 Å². The molecular weight excluding hydrogens is 360 g/mol. The molecule has 2 aromatic carbocycles. The molecule has 156 valence electrons. The molecule has 1 saturated heterocycles. The Hall–Kier alpha value is -2.33. The average molecular weight is 395 g/mol. The Morgan fingerprint density at radius 3 is 2.41 bits per heavy atom. The summed E-state index contributed by atoms with van der Waals surface area (Å²) in [6.07, 6.45) is 6.78. The van der Waals surface area contributed by atoms with Crippen molar-refractivity contribution in [1.82, 2.24) is 10.2 Å². The molecule has 0 aromatic heterocycles. The van der Waals surface area contributed by atoms with Gasteiger partial charge in [0.1, 0.15) is 5.75 Å². The molecule has 2 aromatic rings. The van der Waals surface area contributed by atoms with Gasteiger partial charge in [0.15, 0.2) is 0 Å². The molecule has 0 saturated carbocycles. The molecule has 1 aliphatic rings. The van der Waals surface area contributed by atoms with Gasteiger partial charge in [-0.25, -0.2) is 0 Å². The van der Waals surface area contributed by atoms with E-state index in [2.05, 4.69) is 47.5 Å². The molecule has 0 spiro atoms. The van der Waals surface area contributed by atoms with Crippen molar-refractivity contribution in [3.8, 4) is 5.75 Å². The fourth-order valence-corrected chi connectivity index (χ4v) is 3.77. The summed E-state index contributed by atoms with van der Waals surface area (Å²) in [5, 5.41) is 3.20. The van der Waals surface area contributed by atoms with E-state index in [-0.39, 0.29) is 11.9 Å². The summed E-state index contributed by atoms with van der Waals surface area (Å²) in [6.45, 7) is 5.97. The first-order valence-electron chi connectivity index (χ1n) is 11.0. The molecule has 0 atom stereocenters. The maximum atomic E-state index is 12.6. The van der Waals surface area contributed by atoms with Crippen molar-refractivity contribution in [2.75, 3.05) is 19.7 Å². The highest BCUT2D eigenvalue weighted by molar-refractivity contribution is 5.94. The number of rotatable bonds is 10. The van der Waals surface area contributed by atoms with Crippen LogP contribution >= 0.6 is 0 Å². The second-order valence-electron chi connectivity index (χ2n) is 7.94. The molecule has 0 bridgehead atoms. The van der Waals surface area contributed by atoms with E-state index in [1.165, 1.54) is 24.8 Å². The number of benzene rings is 2. The maximum Gasteiger partial charge on any atom is 0.251 e. The van der Waals surface area contributed by atoms with Crippen LogP contribution in [0.15, 0.2) is 54.6 Å². The fourth-order valence-electron chi connectivity index (χ4n) is 3.77. The summed E-state index contributed by atoms with van der Waals surface area (Å²) in [6, 6.07) is 18.4. The lowest BCUT2D eigenvalue weighted by Gasteiger charge is -2.32. The van der Waals surface area contributed by atoms with Crippen molar-refractivity contribution < 1.29 is 9.53 Å². The number of nitrogens with zero attached hydrogens (tertiary/aromatic N) is 1. The van der Waals surface area contributed by atoms with Crippen LogP contribution in [0.25, 0.3) is 0 Å². The third kappa shape index (κ3) is 7.21. The molecule has 3 rings (SSSR count). The van der Waals surface area contributed by atoms with E-state index in [1.807, 2.05) is 24.3 Å². The van der Waals surface area contributed by atoms with Gasteiger partial charge >= 0.3 is 0 Å². The number of carbonyl (C=O) groups excluding carboxylic acids is 1. The van der Waals surface area contributed by atoms with Gasteiger partial charge in [0.25, 0.3) is 5.91 Å². The SMILES string of the molecule is CCCCCCOc1ccc(C(=O)NC2CCN(Cc3ccccc3)CC2)cc1. The zero-order chi connectivity index (χ0) is 20.3. The van der Waals surface area contributed by atoms with E-state index >= 15 is 0 Å². The molecule has 1 N–H and O–H groups in total. The van der Waals surface area contributed by atoms with E-state index in [0.29, 0.717) is 5.56 Å². The predicted molar refractivity (Wildman–Crippen MR) is 118 cm³/mol. The van der Waals surface area contributed by atoms with Crippen molar-refractivity contribution in [2.24, 2.45) is 0 Å². The van der Waals surface area contributed by atoms with Gasteiger partial charge in [0.2, 0.25) is 0 Å². The number of hydrogen-bond acceptors (Lipinski definition) is 3. The van der Waals surface area contributed by atoms with Gasteiger partial charge in [0, 0.05) is 31.2 Å². The lowest BCUT2D eigenvalue weighted by Crippen LogP contribution is -2.44. The Kier molecular flexibility index (Phi) is 8.57. The smallest absolute Gasteiger partial charge is 0.251 e. The van der Waals surface area contributed by atoms with Crippen LogP contribution in [0.3, 0.4) is 0 Å². The first kappa shape index (κ1) is 21.4. The third-order valence-corrected chi connectivity index (χ3v) is 5.55. The zero-order valence-electron chi connectivity index (χ0n) is 17.6. The number of ether oxygens (including phenoxy) is 1. The summed E-state index contributed by atoms with van der Waals surface area (Å²) in [5.74, 6) is 0.855. The third-order valence-electron chi connectivity index (χ3n) is 5.55. The predicted octanol–water partition coefficient (Wildman–Crippen LogP) is 5.04. The number of nitrogens with one attached hydrogen (secondary N) is 1. The molecule has 1 fully saturated rings. The average Bonchev–Trinajstić information content (AvgIpc) is 2.76. The summed E-state index contributed by atoms with van der Waals surface area (Å²) < 4.78 is 5.76. The molecule has 0 aliphatic carbocycles. The largest absolute Gasteiger partial charge is 0.494 e. The lowest BCUT2D eigenvalue weighted by molar-refractivity contribution is 0.0909. The van der Waals surface area contributed by atoms with Gasteiger partial charge in [-0.2, -0.15) is 0 Å². The minimum absolute atomic E-state index is 0.0148. The van der Waals surface area contributed by atoms with Crippen LogP contribution in [0.2, 0.25) is 0 Å². The van der Waals surface area contributed by atoms with E-state index in [0.717, 1.165) is 51.3 Å². The fraction of sp³-hybridized carbons (Fsp3) is 0.480. The van der Waals surface area contributed by atoms with Crippen molar-refractivity contribution in [3.05, 3.63) is 65.7 Å². The Balaban J connectivity index is 1.38. The zero-order valence-corrected chi connectivity index (χ0v) is 17.6. The topological polar surface area (TPSA) is 41.6 Å². The number of hydrogen-bond donors (Lipinski definition) is 1. The van der Waals surface area contributed by atoms with Gasteiger partial charge in [-0.1, -0.05) is 56.5 Å². The standard InChI is InChI=1S/C25H34N2O2/c1-2-3-4-8-19-29-24-13-11-22(12-14-24)25(28)26-23-15-17-27(18-16-23)20-21-9-6-5-7-10-21/h5-7,9-14,23H,2-4,8,15-20H2,1H3,(H,26,28). The lowest BCUT2D eigenvalue weighted by atomic mass is 10.0. The van der Waals surface area contributed by atoms with Crippen LogP contribution in [-0.2, 0) is 6.54 Å². The molecular formula is C25H34N2O2. The number of piperidine rings is 1. The van der Waals surface area contributed by atoms with Crippen LogP contribution in [0.4, 0.5) is 0 Å². The van der Waals surface area contributed by atoms with Crippen molar-refractivity contribution in [1.29, 1.82) is 0 Å². The highest BCUT2D eigenvalue weighted by Crippen LogP contribution is 2.16. The molecule has 4 nitrogen and oxygen atoms in total. The van der Waals surface area contributed by atoms with Gasteiger partial charge in [-0.05, 0) is 49.1 Å². The molecule has 1 aliphatic heterocycles. The molecule has 0 radical (unpaired) electrons. The normalized spacial score (nSPS) is 15.2. The Labute approximate surface area is 175 Å². The second-order valence-corrected chi connectivity index (χ2v) is 7.94. The summed E-state index contributed by atoms with van der Waals surface area (Å²) in [5.41, 5.74) is 2.05. The quantitative estimate of drug-likeness (QED) is 0.574. The molecule has 0 unspecified atom stereocenters. The first-order chi connectivity index (χ1) is 14.2. The summed E-state index contributed by atoms with van der Waals surface area (Å²) >= 11 is 0. The van der Waals surface area contributed by atoms with Crippen LogP contribution in [-0.4, -0.2) is 36.5 Å². The number of amides is 1. The van der Waals surface area contributed by atoms with Crippen LogP contribution < -0.4 is 10.1 Å². The van der Waals surface area contributed by atoms with Gasteiger partial charge in [0.05, 0.1) is 6.61 Å². The summed E-state index contributed by atoms with van der Waals surface area (Å²) in [7, 11) is 0.